The Morgan fingerprint density at radius 2 is 1.91 bits per heavy atom. The molecule has 0 aliphatic heterocycles. The van der Waals surface area contributed by atoms with E-state index in [1.54, 1.807) is 50.4 Å². The number of aryl methyl sites for hydroxylation is 1. The number of rotatable bonds is 8. The number of amides is 1. The van der Waals surface area contributed by atoms with Crippen LogP contribution in [0.15, 0.2) is 48.7 Å². The summed E-state index contributed by atoms with van der Waals surface area (Å²) in [5.74, 6) is 1.16. The first-order valence-electron chi connectivity index (χ1n) is 10.3. The normalized spacial score (nSPS) is 10.5. The van der Waals surface area contributed by atoms with Gasteiger partial charge in [-0.2, -0.15) is 4.98 Å². The second-order valence-corrected chi connectivity index (χ2v) is 7.65. The Bertz CT molecular complexity index is 1150. The number of aliphatic hydroxyl groups excluding tert-OH is 1. The fourth-order valence-electron chi connectivity index (χ4n) is 3.10. The molecule has 1 aromatic heterocycles. The molecule has 0 aliphatic rings. The van der Waals surface area contributed by atoms with Gasteiger partial charge in [0.2, 0.25) is 5.95 Å². The first-order chi connectivity index (χ1) is 15.8. The van der Waals surface area contributed by atoms with Crippen molar-refractivity contribution in [1.29, 1.82) is 0 Å². The van der Waals surface area contributed by atoms with Gasteiger partial charge in [0.15, 0.2) is 6.29 Å². The van der Waals surface area contributed by atoms with Gasteiger partial charge in [-0.05, 0) is 30.2 Å². The molecular formula is C24H27N5O4. The Kier molecular flexibility index (Phi) is 7.57. The number of carbonyl (C=O) groups is 2. The monoisotopic (exact) mass is 449 g/mol. The van der Waals surface area contributed by atoms with E-state index in [9.17, 15) is 14.7 Å². The molecule has 0 bridgehead atoms. The van der Waals surface area contributed by atoms with Crippen molar-refractivity contribution in [3.63, 3.8) is 0 Å². The highest BCUT2D eigenvalue weighted by Gasteiger charge is 2.16. The van der Waals surface area contributed by atoms with Crippen LogP contribution in [0.25, 0.3) is 11.1 Å². The summed E-state index contributed by atoms with van der Waals surface area (Å²) in [6.07, 6.45) is 1.89. The average Bonchev–Trinajstić information content (AvgIpc) is 2.80. The van der Waals surface area contributed by atoms with Crippen LogP contribution < -0.4 is 15.0 Å². The van der Waals surface area contributed by atoms with Crippen LogP contribution in [0.2, 0.25) is 0 Å². The van der Waals surface area contributed by atoms with Gasteiger partial charge in [0.05, 0.1) is 12.3 Å². The van der Waals surface area contributed by atoms with Crippen LogP contribution in [0.5, 0.6) is 5.75 Å². The number of likely N-dealkylation sites (N-methyl/N-ethyl adjacent to an activating group) is 1. The van der Waals surface area contributed by atoms with Crippen molar-refractivity contribution in [3.05, 3.63) is 59.8 Å². The van der Waals surface area contributed by atoms with Gasteiger partial charge >= 0.3 is 6.09 Å². The summed E-state index contributed by atoms with van der Waals surface area (Å²) < 4.78 is 5.34. The third-order valence-corrected chi connectivity index (χ3v) is 4.96. The van der Waals surface area contributed by atoms with E-state index in [2.05, 4.69) is 15.3 Å². The lowest BCUT2D eigenvalue weighted by Crippen LogP contribution is -2.25. The minimum Gasteiger partial charge on any atom is -0.410 e. The van der Waals surface area contributed by atoms with E-state index in [4.69, 9.17) is 4.74 Å². The fraction of sp³-hybridized carbons (Fsp3) is 0.250. The lowest BCUT2D eigenvalue weighted by atomic mass is 10.0. The van der Waals surface area contributed by atoms with Crippen molar-refractivity contribution in [3.8, 4) is 16.9 Å². The van der Waals surface area contributed by atoms with Crippen molar-refractivity contribution in [2.24, 2.45) is 0 Å². The molecule has 9 nitrogen and oxygen atoms in total. The molecule has 0 spiro atoms. The Morgan fingerprint density at radius 1 is 1.15 bits per heavy atom. The van der Waals surface area contributed by atoms with E-state index in [1.807, 2.05) is 31.2 Å². The van der Waals surface area contributed by atoms with Crippen LogP contribution in [0.4, 0.5) is 22.2 Å². The number of aromatic nitrogens is 2. The first-order valence-corrected chi connectivity index (χ1v) is 10.3. The maximum absolute atomic E-state index is 12.0. The van der Waals surface area contributed by atoms with Crippen molar-refractivity contribution in [1.82, 2.24) is 14.9 Å². The maximum Gasteiger partial charge on any atom is 0.414 e. The lowest BCUT2D eigenvalue weighted by molar-refractivity contribution is 0.112. The summed E-state index contributed by atoms with van der Waals surface area (Å²) in [6.45, 7) is 2.30. The van der Waals surface area contributed by atoms with Crippen molar-refractivity contribution in [2.45, 2.75) is 6.92 Å². The maximum atomic E-state index is 12.0. The largest absolute Gasteiger partial charge is 0.414 e. The van der Waals surface area contributed by atoms with Gasteiger partial charge in [-0.25, -0.2) is 9.78 Å². The van der Waals surface area contributed by atoms with Crippen LogP contribution in [0.3, 0.4) is 0 Å². The number of hydrogen-bond donors (Lipinski definition) is 2. The van der Waals surface area contributed by atoms with Crippen LogP contribution in [-0.4, -0.2) is 66.6 Å². The number of benzene rings is 2. The molecule has 2 N–H and O–H groups in total. The molecule has 0 atom stereocenters. The van der Waals surface area contributed by atoms with Gasteiger partial charge < -0.3 is 25.0 Å². The number of nitrogens with zero attached hydrogens (tertiary/aromatic N) is 4. The standard InChI is InChI=1S/C24H27N5O4/c1-16-7-5-6-8-19(16)20-14-25-23(29(4)11-12-30)27-22(20)26-21-13-18(10-9-17(21)15-31)33-24(32)28(2)3/h5-10,13-15,30H,11-12H2,1-4H3,(H,25,26,27). The molecular weight excluding hydrogens is 422 g/mol. The zero-order valence-corrected chi connectivity index (χ0v) is 19.1. The minimum absolute atomic E-state index is 0.0449. The van der Waals surface area contributed by atoms with Crippen LogP contribution in [-0.2, 0) is 0 Å². The summed E-state index contributed by atoms with van der Waals surface area (Å²) in [5, 5.41) is 12.5. The lowest BCUT2D eigenvalue weighted by Gasteiger charge is -2.20. The topological polar surface area (TPSA) is 108 Å². The average molecular weight is 450 g/mol. The van der Waals surface area contributed by atoms with Crippen molar-refractivity contribution >= 4 is 29.8 Å². The first kappa shape index (κ1) is 23.7. The molecule has 0 saturated carbocycles. The predicted octanol–water partition coefficient (Wildman–Crippen LogP) is 3.50. The van der Waals surface area contributed by atoms with Gasteiger partial charge in [0, 0.05) is 51.1 Å². The molecule has 0 unspecified atom stereocenters. The van der Waals surface area contributed by atoms with E-state index >= 15 is 0 Å². The van der Waals surface area contributed by atoms with E-state index in [1.165, 1.54) is 4.90 Å². The summed E-state index contributed by atoms with van der Waals surface area (Å²) in [7, 11) is 4.95. The molecule has 1 amide bonds. The molecule has 0 fully saturated rings. The molecule has 3 aromatic rings. The molecule has 0 aliphatic carbocycles. The number of aliphatic hydroxyl groups is 1. The summed E-state index contributed by atoms with van der Waals surface area (Å²) in [4.78, 5) is 35.8. The zero-order valence-electron chi connectivity index (χ0n) is 19.1. The van der Waals surface area contributed by atoms with Crippen LogP contribution in [0.1, 0.15) is 15.9 Å². The summed E-state index contributed by atoms with van der Waals surface area (Å²) in [5.41, 5.74) is 3.50. The SMILES string of the molecule is Cc1ccccc1-c1cnc(N(C)CCO)nc1Nc1cc(OC(=O)N(C)C)ccc1C=O. The van der Waals surface area contributed by atoms with E-state index in [0.717, 1.165) is 16.7 Å². The van der Waals surface area contributed by atoms with Gasteiger partial charge in [0.25, 0.3) is 0 Å². The minimum atomic E-state index is -0.532. The van der Waals surface area contributed by atoms with Crippen molar-refractivity contribution in [2.75, 3.05) is 44.5 Å². The Morgan fingerprint density at radius 3 is 2.58 bits per heavy atom. The van der Waals surface area contributed by atoms with E-state index in [0.29, 0.717) is 35.8 Å². The Hall–Kier alpha value is -3.98. The van der Waals surface area contributed by atoms with E-state index < -0.39 is 6.09 Å². The summed E-state index contributed by atoms with van der Waals surface area (Å²) in [6, 6.07) is 12.5. The van der Waals surface area contributed by atoms with Gasteiger partial charge in [-0.1, -0.05) is 24.3 Å². The quantitative estimate of drug-likeness (QED) is 0.503. The third kappa shape index (κ3) is 5.64. The molecule has 9 heteroatoms. The number of carbonyl (C=O) groups excluding carboxylic acids is 2. The van der Waals surface area contributed by atoms with Crippen LogP contribution in [0, 0.1) is 6.92 Å². The number of hydrogen-bond acceptors (Lipinski definition) is 8. The van der Waals surface area contributed by atoms with Crippen LogP contribution >= 0.6 is 0 Å². The number of anilines is 3. The molecule has 3 rings (SSSR count). The molecule has 0 radical (unpaired) electrons. The molecule has 172 valence electrons. The second kappa shape index (κ2) is 10.6. The highest BCUT2D eigenvalue weighted by atomic mass is 16.6. The molecule has 2 aromatic carbocycles. The van der Waals surface area contributed by atoms with Gasteiger partial charge in [-0.3, -0.25) is 4.79 Å². The Balaban J connectivity index is 2.08. The molecule has 33 heavy (non-hydrogen) atoms. The predicted molar refractivity (Wildman–Crippen MR) is 127 cm³/mol. The van der Waals surface area contributed by atoms with Crippen molar-refractivity contribution < 1.29 is 19.4 Å². The highest BCUT2D eigenvalue weighted by molar-refractivity contribution is 5.89. The van der Waals surface area contributed by atoms with Gasteiger partial charge in [0.1, 0.15) is 11.6 Å². The summed E-state index contributed by atoms with van der Waals surface area (Å²) >= 11 is 0. The smallest absolute Gasteiger partial charge is 0.410 e. The van der Waals surface area contributed by atoms with E-state index in [-0.39, 0.29) is 12.4 Å². The second-order valence-electron chi connectivity index (χ2n) is 7.65. The zero-order chi connectivity index (χ0) is 24.0. The highest BCUT2D eigenvalue weighted by Crippen LogP contribution is 2.33. The fourth-order valence-corrected chi connectivity index (χ4v) is 3.10. The number of ether oxygens (including phenoxy) is 1. The Labute approximate surface area is 192 Å². The molecule has 0 saturated heterocycles. The van der Waals surface area contributed by atoms with Gasteiger partial charge in [-0.15, -0.1) is 0 Å². The number of aldehydes is 1. The molecule has 1 heterocycles. The third-order valence-electron chi connectivity index (χ3n) is 4.96. The number of nitrogens with one attached hydrogen (secondary N) is 1.